The first kappa shape index (κ1) is 12.1. The third-order valence-electron chi connectivity index (χ3n) is 2.51. The molecule has 0 saturated heterocycles. The number of H-pyrrole nitrogens is 1. The summed E-state index contributed by atoms with van der Waals surface area (Å²) >= 11 is 3.09. The number of thiophene rings is 1. The van der Waals surface area contributed by atoms with Crippen molar-refractivity contribution in [3.8, 4) is 10.6 Å². The monoisotopic (exact) mass is 290 g/mol. The number of rotatable bonds is 4. The highest BCUT2D eigenvalue weighted by molar-refractivity contribution is 7.14. The zero-order chi connectivity index (χ0) is 13.1. The molecule has 2 N–H and O–H groups in total. The molecule has 0 atom stereocenters. The second-order valence-electron chi connectivity index (χ2n) is 3.84. The lowest BCUT2D eigenvalue weighted by atomic mass is 10.3. The van der Waals surface area contributed by atoms with Crippen LogP contribution in [0.4, 0.5) is 0 Å². The maximum atomic E-state index is 11.9. The molecule has 1 amide bonds. The number of amides is 1. The third-order valence-corrected chi connectivity index (χ3v) is 4.09. The fourth-order valence-electron chi connectivity index (χ4n) is 1.54. The molecule has 19 heavy (non-hydrogen) atoms. The molecule has 5 nitrogen and oxygen atoms in total. The number of aromatic nitrogens is 3. The molecule has 96 valence electrons. The minimum absolute atomic E-state index is 0.168. The number of nitrogens with zero attached hydrogens (tertiary/aromatic N) is 2. The average molecular weight is 290 g/mol. The van der Waals surface area contributed by atoms with E-state index >= 15 is 0 Å². The fraction of sp³-hybridized carbons (Fsp3) is 0.0833. The maximum absolute atomic E-state index is 11.9. The van der Waals surface area contributed by atoms with E-state index in [0.29, 0.717) is 12.2 Å². The van der Waals surface area contributed by atoms with Crippen LogP contribution in [0.2, 0.25) is 0 Å². The van der Waals surface area contributed by atoms with Gasteiger partial charge in [0.25, 0.3) is 5.91 Å². The van der Waals surface area contributed by atoms with Crippen molar-refractivity contribution >= 4 is 28.6 Å². The van der Waals surface area contributed by atoms with Crippen molar-refractivity contribution in [1.29, 1.82) is 0 Å². The molecular formula is C12H10N4OS2. The average Bonchev–Trinajstić information content (AvgIpc) is 3.14. The minimum atomic E-state index is -0.168. The minimum Gasteiger partial charge on any atom is -0.346 e. The molecule has 3 rings (SSSR count). The van der Waals surface area contributed by atoms with Gasteiger partial charge in [-0.05, 0) is 11.4 Å². The molecule has 0 aromatic carbocycles. The van der Waals surface area contributed by atoms with E-state index in [1.54, 1.807) is 29.1 Å². The molecule has 0 bridgehead atoms. The Morgan fingerprint density at radius 1 is 1.42 bits per heavy atom. The lowest BCUT2D eigenvalue weighted by Gasteiger charge is -1.99. The Balaban J connectivity index is 1.67. The SMILES string of the molecule is O=C(NCc1cn[nH]c1)c1csc(-c2ccsc2)n1. The lowest BCUT2D eigenvalue weighted by Crippen LogP contribution is -2.22. The Labute approximate surface area is 117 Å². The van der Waals surface area contributed by atoms with Gasteiger partial charge in [0.2, 0.25) is 0 Å². The van der Waals surface area contributed by atoms with Crippen molar-refractivity contribution in [2.75, 3.05) is 0 Å². The van der Waals surface area contributed by atoms with E-state index in [4.69, 9.17) is 0 Å². The summed E-state index contributed by atoms with van der Waals surface area (Å²) in [5.41, 5.74) is 2.44. The largest absolute Gasteiger partial charge is 0.346 e. The highest BCUT2D eigenvalue weighted by Crippen LogP contribution is 2.25. The van der Waals surface area contributed by atoms with E-state index in [0.717, 1.165) is 16.1 Å². The molecule has 0 fully saturated rings. The molecule has 0 spiro atoms. The standard InChI is InChI=1S/C12H10N4OS2/c17-11(13-3-8-4-14-15-5-8)10-7-19-12(16-10)9-1-2-18-6-9/h1-2,4-7H,3H2,(H,13,17)(H,14,15). The lowest BCUT2D eigenvalue weighted by molar-refractivity contribution is 0.0946. The first-order chi connectivity index (χ1) is 9.33. The van der Waals surface area contributed by atoms with Crippen molar-refractivity contribution in [1.82, 2.24) is 20.5 Å². The van der Waals surface area contributed by atoms with E-state index in [2.05, 4.69) is 20.5 Å². The normalized spacial score (nSPS) is 10.5. The molecule has 7 heteroatoms. The van der Waals surface area contributed by atoms with Crippen LogP contribution in [0.1, 0.15) is 16.1 Å². The Kier molecular flexibility index (Phi) is 3.39. The second kappa shape index (κ2) is 5.33. The van der Waals surface area contributed by atoms with Gasteiger partial charge in [0, 0.05) is 34.6 Å². The number of hydrogen-bond donors (Lipinski definition) is 2. The van der Waals surface area contributed by atoms with Crippen LogP contribution in [-0.2, 0) is 6.54 Å². The smallest absolute Gasteiger partial charge is 0.271 e. The first-order valence-corrected chi connectivity index (χ1v) is 7.39. The van der Waals surface area contributed by atoms with Gasteiger partial charge in [-0.2, -0.15) is 16.4 Å². The van der Waals surface area contributed by atoms with E-state index in [1.165, 1.54) is 11.3 Å². The van der Waals surface area contributed by atoms with Gasteiger partial charge in [0.1, 0.15) is 10.7 Å². The van der Waals surface area contributed by atoms with E-state index < -0.39 is 0 Å². The molecule has 0 saturated carbocycles. The van der Waals surface area contributed by atoms with Crippen molar-refractivity contribution in [2.24, 2.45) is 0 Å². The van der Waals surface area contributed by atoms with E-state index in [1.807, 2.05) is 16.8 Å². The third kappa shape index (κ3) is 2.72. The van der Waals surface area contributed by atoms with Gasteiger partial charge in [-0.3, -0.25) is 9.89 Å². The molecular weight excluding hydrogens is 280 g/mol. The quantitative estimate of drug-likeness (QED) is 0.775. The number of hydrogen-bond acceptors (Lipinski definition) is 5. The van der Waals surface area contributed by atoms with Crippen LogP contribution < -0.4 is 5.32 Å². The summed E-state index contributed by atoms with van der Waals surface area (Å²) in [6.45, 7) is 0.445. The highest BCUT2D eigenvalue weighted by atomic mass is 32.1. The Morgan fingerprint density at radius 2 is 2.37 bits per heavy atom. The zero-order valence-electron chi connectivity index (χ0n) is 9.79. The van der Waals surface area contributed by atoms with Crippen molar-refractivity contribution in [3.05, 3.63) is 45.9 Å². The molecule has 3 heterocycles. The van der Waals surface area contributed by atoms with Gasteiger partial charge >= 0.3 is 0 Å². The predicted molar refractivity (Wildman–Crippen MR) is 75.2 cm³/mol. The van der Waals surface area contributed by atoms with Gasteiger partial charge < -0.3 is 5.32 Å². The second-order valence-corrected chi connectivity index (χ2v) is 5.48. The summed E-state index contributed by atoms with van der Waals surface area (Å²) in [6, 6.07) is 2.00. The summed E-state index contributed by atoms with van der Waals surface area (Å²) in [4.78, 5) is 16.3. The Morgan fingerprint density at radius 3 is 3.11 bits per heavy atom. The number of nitrogens with one attached hydrogen (secondary N) is 2. The number of thiazole rings is 1. The topological polar surface area (TPSA) is 70.7 Å². The van der Waals surface area contributed by atoms with E-state index in [-0.39, 0.29) is 5.91 Å². The van der Waals surface area contributed by atoms with Gasteiger partial charge in [0.05, 0.1) is 6.20 Å². The van der Waals surface area contributed by atoms with Gasteiger partial charge in [-0.15, -0.1) is 11.3 Å². The predicted octanol–water partition coefficient (Wildman–Crippen LogP) is 2.52. The summed E-state index contributed by atoms with van der Waals surface area (Å²) in [7, 11) is 0. The zero-order valence-corrected chi connectivity index (χ0v) is 11.4. The Hall–Kier alpha value is -1.99. The summed E-state index contributed by atoms with van der Waals surface area (Å²) in [5.74, 6) is -0.168. The van der Waals surface area contributed by atoms with Crippen LogP contribution in [0.25, 0.3) is 10.6 Å². The number of aromatic amines is 1. The molecule has 0 radical (unpaired) electrons. The molecule has 0 aliphatic carbocycles. The van der Waals surface area contributed by atoms with Crippen LogP contribution in [0.5, 0.6) is 0 Å². The fourth-order valence-corrected chi connectivity index (χ4v) is 3.06. The molecule has 3 aromatic heterocycles. The highest BCUT2D eigenvalue weighted by Gasteiger charge is 2.11. The summed E-state index contributed by atoms with van der Waals surface area (Å²) < 4.78 is 0. The van der Waals surface area contributed by atoms with Crippen molar-refractivity contribution in [2.45, 2.75) is 6.54 Å². The van der Waals surface area contributed by atoms with Crippen molar-refractivity contribution < 1.29 is 4.79 Å². The van der Waals surface area contributed by atoms with Crippen LogP contribution >= 0.6 is 22.7 Å². The van der Waals surface area contributed by atoms with Gasteiger partial charge in [0.15, 0.2) is 0 Å². The Bertz CT molecular complexity index is 658. The van der Waals surface area contributed by atoms with Crippen molar-refractivity contribution in [3.63, 3.8) is 0 Å². The number of carbonyl (C=O) groups excluding carboxylic acids is 1. The van der Waals surface area contributed by atoms with Crippen LogP contribution in [-0.4, -0.2) is 21.1 Å². The first-order valence-electron chi connectivity index (χ1n) is 5.57. The van der Waals surface area contributed by atoms with Crippen LogP contribution in [0.15, 0.2) is 34.6 Å². The molecule has 0 unspecified atom stereocenters. The molecule has 3 aromatic rings. The van der Waals surface area contributed by atoms with Gasteiger partial charge in [-0.1, -0.05) is 0 Å². The maximum Gasteiger partial charge on any atom is 0.271 e. The van der Waals surface area contributed by atoms with Crippen LogP contribution in [0.3, 0.4) is 0 Å². The van der Waals surface area contributed by atoms with Gasteiger partial charge in [-0.25, -0.2) is 4.98 Å². The molecule has 0 aliphatic rings. The summed E-state index contributed by atoms with van der Waals surface area (Å²) in [6.07, 6.45) is 3.43. The van der Waals surface area contributed by atoms with Crippen LogP contribution in [0, 0.1) is 0 Å². The number of carbonyl (C=O) groups is 1. The summed E-state index contributed by atoms with van der Waals surface area (Å²) in [5, 5.41) is 16.0. The molecule has 0 aliphatic heterocycles. The van der Waals surface area contributed by atoms with E-state index in [9.17, 15) is 4.79 Å².